The van der Waals surface area contributed by atoms with Crippen LogP contribution < -0.4 is 27.4 Å². The van der Waals surface area contributed by atoms with Crippen molar-refractivity contribution in [2.24, 2.45) is 11.5 Å². The second kappa shape index (κ2) is 9.06. The molecule has 3 aromatic rings. The average molecular weight is 465 g/mol. The van der Waals surface area contributed by atoms with Gasteiger partial charge in [-0.25, -0.2) is 0 Å². The Morgan fingerprint density at radius 1 is 1.21 bits per heavy atom. The Hall–Kier alpha value is -4.06. The maximum Gasteiger partial charge on any atom is 0.273 e. The van der Waals surface area contributed by atoms with E-state index in [4.69, 9.17) is 16.6 Å². The van der Waals surface area contributed by atoms with Gasteiger partial charge < -0.3 is 27.4 Å². The first-order valence-electron chi connectivity index (χ1n) is 10.9. The van der Waals surface area contributed by atoms with Gasteiger partial charge in [-0.15, -0.1) is 10.2 Å². The van der Waals surface area contributed by atoms with Crippen molar-refractivity contribution in [3.8, 4) is 0 Å². The molecule has 178 valence electrons. The van der Waals surface area contributed by atoms with Crippen LogP contribution in [0.3, 0.4) is 0 Å². The van der Waals surface area contributed by atoms with E-state index in [1.165, 1.54) is 5.57 Å². The van der Waals surface area contributed by atoms with Crippen LogP contribution in [0, 0.1) is 0 Å². The van der Waals surface area contributed by atoms with Gasteiger partial charge in [0, 0.05) is 29.4 Å². The van der Waals surface area contributed by atoms with Crippen molar-refractivity contribution < 1.29 is 9.59 Å². The lowest BCUT2D eigenvalue weighted by Gasteiger charge is -2.19. The summed E-state index contributed by atoms with van der Waals surface area (Å²) < 4.78 is 1.94. The molecule has 12 heteroatoms. The molecule has 0 atom stereocenters. The van der Waals surface area contributed by atoms with E-state index >= 15 is 0 Å². The smallest absolute Gasteiger partial charge is 0.273 e. The van der Waals surface area contributed by atoms with E-state index in [1.54, 1.807) is 0 Å². The number of rotatable bonds is 7. The molecule has 4 rings (SSSR count). The molecule has 1 aliphatic heterocycles. The molecule has 0 saturated carbocycles. The number of nitrogens with two attached hydrogens (primary N) is 2. The number of amides is 2. The van der Waals surface area contributed by atoms with Gasteiger partial charge in [0.1, 0.15) is 0 Å². The quantitative estimate of drug-likeness (QED) is 0.342. The largest absolute Gasteiger partial charge is 0.368 e. The molecule has 0 saturated heterocycles. The lowest BCUT2D eigenvalue weighted by molar-refractivity contribution is -0.116. The lowest BCUT2D eigenvalue weighted by atomic mass is 9.97. The summed E-state index contributed by atoms with van der Waals surface area (Å²) in [6.45, 7) is 7.75. The minimum absolute atomic E-state index is 0.0363. The first kappa shape index (κ1) is 23.1. The Labute approximate surface area is 196 Å². The molecule has 0 radical (unpaired) electrons. The van der Waals surface area contributed by atoms with Crippen LogP contribution in [0.1, 0.15) is 43.2 Å². The number of carbonyl (C=O) groups excluding carboxylic acids is 2. The molecule has 0 spiro atoms. The molecule has 12 nitrogen and oxygen atoms in total. The number of hydrogen-bond donors (Lipinski definition) is 5. The first-order valence-corrected chi connectivity index (χ1v) is 10.9. The second-order valence-corrected chi connectivity index (χ2v) is 9.03. The number of benzene rings is 1. The fourth-order valence-electron chi connectivity index (χ4n) is 3.62. The number of fused-ring (bicyclic) bond motifs is 1. The predicted molar refractivity (Wildman–Crippen MR) is 130 cm³/mol. The summed E-state index contributed by atoms with van der Waals surface area (Å²) in [6, 6.07) is 3.90. The highest BCUT2D eigenvalue weighted by Crippen LogP contribution is 2.33. The number of carbonyl (C=O) groups is 2. The van der Waals surface area contributed by atoms with Crippen LogP contribution >= 0.6 is 0 Å². The zero-order valence-electron chi connectivity index (χ0n) is 19.3. The minimum atomic E-state index is -0.785. The van der Waals surface area contributed by atoms with Crippen LogP contribution in [0.25, 0.3) is 16.5 Å². The number of aromatic nitrogens is 5. The lowest BCUT2D eigenvalue weighted by Crippen LogP contribution is -2.24. The third kappa shape index (κ3) is 4.96. The van der Waals surface area contributed by atoms with Crippen LogP contribution in [0.4, 0.5) is 17.5 Å². The summed E-state index contributed by atoms with van der Waals surface area (Å²) >= 11 is 0. The second-order valence-electron chi connectivity index (χ2n) is 9.03. The van der Waals surface area contributed by atoms with Gasteiger partial charge in [-0.2, -0.15) is 10.1 Å². The molecular formula is C22H28N10O2. The Morgan fingerprint density at radius 2 is 2.00 bits per heavy atom. The highest BCUT2D eigenvalue weighted by Gasteiger charge is 2.21. The topological polar surface area (TPSA) is 179 Å². The van der Waals surface area contributed by atoms with Gasteiger partial charge in [-0.05, 0) is 51.4 Å². The molecule has 34 heavy (non-hydrogen) atoms. The van der Waals surface area contributed by atoms with E-state index in [1.807, 2.05) is 23.0 Å². The SMILES string of the molecule is CC(C)(C)n1cc2cc(Nc3nc(NCC(N)=O)nnc3C(N)=O)cc(C3=CCNCC3)c2n1. The number of nitrogens with one attached hydrogen (secondary N) is 3. The van der Waals surface area contributed by atoms with Crippen LogP contribution in [0.2, 0.25) is 0 Å². The molecule has 2 aromatic heterocycles. The third-order valence-electron chi connectivity index (χ3n) is 5.31. The monoisotopic (exact) mass is 464 g/mol. The molecular weight excluding hydrogens is 436 g/mol. The number of primary amides is 2. The molecule has 0 fully saturated rings. The summed E-state index contributed by atoms with van der Waals surface area (Å²) in [5.41, 5.74) is 14.1. The van der Waals surface area contributed by atoms with Crippen LogP contribution in [0.15, 0.2) is 24.4 Å². The Morgan fingerprint density at radius 3 is 2.65 bits per heavy atom. The van der Waals surface area contributed by atoms with E-state index in [0.29, 0.717) is 5.69 Å². The Balaban J connectivity index is 1.80. The van der Waals surface area contributed by atoms with Gasteiger partial charge in [0.2, 0.25) is 11.9 Å². The fourth-order valence-corrected chi connectivity index (χ4v) is 3.62. The maximum absolute atomic E-state index is 11.9. The van der Waals surface area contributed by atoms with Gasteiger partial charge in [0.05, 0.1) is 17.6 Å². The zero-order chi connectivity index (χ0) is 24.5. The van der Waals surface area contributed by atoms with Crippen molar-refractivity contribution in [2.75, 3.05) is 30.3 Å². The fraction of sp³-hybridized carbons (Fsp3) is 0.364. The van der Waals surface area contributed by atoms with Gasteiger partial charge in [-0.1, -0.05) is 6.08 Å². The summed E-state index contributed by atoms with van der Waals surface area (Å²) in [5, 5.41) is 22.6. The van der Waals surface area contributed by atoms with E-state index in [0.717, 1.165) is 36.0 Å². The first-order chi connectivity index (χ1) is 16.1. The minimum Gasteiger partial charge on any atom is -0.368 e. The van der Waals surface area contributed by atoms with E-state index in [-0.39, 0.29) is 29.5 Å². The number of hydrogen-bond acceptors (Lipinski definition) is 9. The van der Waals surface area contributed by atoms with Gasteiger partial charge in [0.25, 0.3) is 5.91 Å². The predicted octanol–water partition coefficient (Wildman–Crippen LogP) is 1.09. The van der Waals surface area contributed by atoms with E-state index in [9.17, 15) is 9.59 Å². The molecule has 1 aromatic carbocycles. The molecule has 7 N–H and O–H groups in total. The van der Waals surface area contributed by atoms with Gasteiger partial charge in [-0.3, -0.25) is 14.3 Å². The zero-order valence-corrected chi connectivity index (χ0v) is 19.3. The third-order valence-corrected chi connectivity index (χ3v) is 5.31. The summed E-state index contributed by atoms with van der Waals surface area (Å²) in [6.07, 6.45) is 5.02. The van der Waals surface area contributed by atoms with Crippen molar-refractivity contribution in [3.05, 3.63) is 35.7 Å². The molecule has 0 unspecified atom stereocenters. The summed E-state index contributed by atoms with van der Waals surface area (Å²) in [5.74, 6) is -1.22. The average Bonchev–Trinajstić information content (AvgIpc) is 3.22. The van der Waals surface area contributed by atoms with Gasteiger partial charge >= 0.3 is 0 Å². The Kier molecular flexibility index (Phi) is 6.16. The van der Waals surface area contributed by atoms with Crippen LogP contribution in [-0.4, -0.2) is 56.4 Å². The molecule has 0 aliphatic carbocycles. The molecule has 1 aliphatic rings. The standard InChI is InChI=1S/C22H28N10O2/c1-22(2,3)32-11-13-8-14(9-15(17(13)31-32)12-4-6-25-7-5-12)27-20-18(19(24)34)29-30-21(28-20)26-10-16(23)33/h4,8-9,11,25H,5-7,10H2,1-3H3,(H2,23,33)(H2,24,34)(H2,26,27,28,30). The molecule has 2 amide bonds. The van der Waals surface area contributed by atoms with E-state index < -0.39 is 11.8 Å². The van der Waals surface area contributed by atoms with E-state index in [2.05, 4.69) is 58.0 Å². The molecule has 3 heterocycles. The van der Waals surface area contributed by atoms with Crippen molar-refractivity contribution in [3.63, 3.8) is 0 Å². The van der Waals surface area contributed by atoms with Crippen molar-refractivity contribution in [2.45, 2.75) is 32.7 Å². The van der Waals surface area contributed by atoms with Crippen molar-refractivity contribution in [1.29, 1.82) is 0 Å². The highest BCUT2D eigenvalue weighted by atomic mass is 16.1. The number of nitrogens with zero attached hydrogens (tertiary/aromatic N) is 5. The van der Waals surface area contributed by atoms with Crippen LogP contribution in [0.5, 0.6) is 0 Å². The van der Waals surface area contributed by atoms with Crippen molar-refractivity contribution in [1.82, 2.24) is 30.3 Å². The van der Waals surface area contributed by atoms with Crippen LogP contribution in [-0.2, 0) is 10.3 Å². The Bertz CT molecular complexity index is 1290. The number of anilines is 3. The van der Waals surface area contributed by atoms with Gasteiger partial charge in [0.15, 0.2) is 11.5 Å². The molecule has 0 bridgehead atoms. The summed E-state index contributed by atoms with van der Waals surface area (Å²) in [7, 11) is 0. The summed E-state index contributed by atoms with van der Waals surface area (Å²) in [4.78, 5) is 27.3. The normalized spacial score (nSPS) is 14.0. The van der Waals surface area contributed by atoms with Crippen molar-refractivity contribution >= 4 is 45.7 Å². The maximum atomic E-state index is 11.9. The highest BCUT2D eigenvalue weighted by molar-refractivity contribution is 5.98.